The molecular weight excluding hydrogens is 340 g/mol. The summed E-state index contributed by atoms with van der Waals surface area (Å²) in [5.74, 6) is 1.94. The molecule has 2 aromatic rings. The smallest absolute Gasteiger partial charge is 0.123 e. The Morgan fingerprint density at radius 1 is 1.04 bits per heavy atom. The zero-order valence-corrected chi connectivity index (χ0v) is 16.7. The van der Waals surface area contributed by atoms with Crippen molar-refractivity contribution in [3.05, 3.63) is 30.1 Å². The van der Waals surface area contributed by atoms with Crippen molar-refractivity contribution < 1.29 is 9.84 Å². The molecule has 1 N–H and O–H groups in total. The van der Waals surface area contributed by atoms with Gasteiger partial charge in [0, 0.05) is 46.4 Å². The second kappa shape index (κ2) is 7.87. The second-order valence-electron chi connectivity index (χ2n) is 8.45. The van der Waals surface area contributed by atoms with E-state index in [0.29, 0.717) is 24.0 Å². The van der Waals surface area contributed by atoms with Gasteiger partial charge in [0.1, 0.15) is 5.82 Å². The molecule has 2 fully saturated rings. The molecule has 0 amide bonds. The molecule has 6 nitrogen and oxygen atoms in total. The lowest BCUT2D eigenvalue weighted by Gasteiger charge is -2.37. The highest BCUT2D eigenvalue weighted by molar-refractivity contribution is 5.75. The number of rotatable bonds is 5. The van der Waals surface area contributed by atoms with Crippen LogP contribution in [0.1, 0.15) is 19.7 Å². The Morgan fingerprint density at radius 3 is 2.44 bits per heavy atom. The van der Waals surface area contributed by atoms with Crippen molar-refractivity contribution in [3.8, 4) is 0 Å². The van der Waals surface area contributed by atoms with E-state index < -0.39 is 0 Å². The Balaban J connectivity index is 1.42. The van der Waals surface area contributed by atoms with Gasteiger partial charge in [-0.1, -0.05) is 12.1 Å². The predicted molar refractivity (Wildman–Crippen MR) is 107 cm³/mol. The number of nitrogens with zero attached hydrogens (tertiary/aromatic N) is 4. The maximum absolute atomic E-state index is 9.93. The molecule has 0 radical (unpaired) electrons. The maximum atomic E-state index is 9.93. The molecule has 0 aliphatic carbocycles. The average Bonchev–Trinajstić information content (AvgIpc) is 3.15. The lowest BCUT2D eigenvalue weighted by Crippen LogP contribution is -2.48. The zero-order valence-electron chi connectivity index (χ0n) is 16.7. The fraction of sp³-hybridized carbons (Fsp3) is 0.667. The van der Waals surface area contributed by atoms with Gasteiger partial charge >= 0.3 is 0 Å². The minimum atomic E-state index is 0.263. The van der Waals surface area contributed by atoms with Gasteiger partial charge in [0.25, 0.3) is 0 Å². The molecule has 4 rings (SSSR count). The largest absolute Gasteiger partial charge is 0.396 e. The summed E-state index contributed by atoms with van der Waals surface area (Å²) in [4.78, 5) is 9.80. The van der Waals surface area contributed by atoms with Crippen LogP contribution < -0.4 is 0 Å². The van der Waals surface area contributed by atoms with Crippen LogP contribution in [0.15, 0.2) is 24.3 Å². The molecule has 3 heterocycles. The van der Waals surface area contributed by atoms with E-state index in [9.17, 15) is 5.11 Å². The summed E-state index contributed by atoms with van der Waals surface area (Å²) in [5.41, 5.74) is 2.24. The van der Waals surface area contributed by atoms with Crippen LogP contribution in [0.5, 0.6) is 0 Å². The number of ether oxygens (including phenoxy) is 1. The summed E-state index contributed by atoms with van der Waals surface area (Å²) < 4.78 is 8.06. The number of benzene rings is 1. The fourth-order valence-electron chi connectivity index (χ4n) is 4.88. The third-order valence-electron chi connectivity index (χ3n) is 6.12. The van der Waals surface area contributed by atoms with Crippen molar-refractivity contribution in [1.29, 1.82) is 0 Å². The van der Waals surface area contributed by atoms with Gasteiger partial charge < -0.3 is 14.4 Å². The molecule has 0 spiro atoms. The number of aromatic nitrogens is 2. The summed E-state index contributed by atoms with van der Waals surface area (Å²) in [6.07, 6.45) is 0.581. The van der Waals surface area contributed by atoms with Crippen molar-refractivity contribution in [1.82, 2.24) is 19.4 Å². The molecule has 6 heteroatoms. The van der Waals surface area contributed by atoms with E-state index >= 15 is 0 Å². The van der Waals surface area contributed by atoms with E-state index in [2.05, 4.69) is 53.5 Å². The number of imidazole rings is 1. The minimum absolute atomic E-state index is 0.263. The first-order chi connectivity index (χ1) is 13.0. The number of morpholine rings is 1. The van der Waals surface area contributed by atoms with Gasteiger partial charge in [-0.25, -0.2) is 4.98 Å². The normalized spacial score (nSPS) is 30.4. The minimum Gasteiger partial charge on any atom is -0.396 e. The zero-order chi connectivity index (χ0) is 19.0. The fourth-order valence-corrected chi connectivity index (χ4v) is 4.88. The van der Waals surface area contributed by atoms with Crippen molar-refractivity contribution in [2.75, 3.05) is 39.3 Å². The molecule has 4 atom stereocenters. The van der Waals surface area contributed by atoms with Gasteiger partial charge in [-0.05, 0) is 37.8 Å². The number of hydrogen-bond acceptors (Lipinski definition) is 5. The van der Waals surface area contributed by atoms with Crippen LogP contribution in [0.25, 0.3) is 11.0 Å². The Kier molecular flexibility index (Phi) is 5.50. The van der Waals surface area contributed by atoms with E-state index in [1.54, 1.807) is 0 Å². The molecule has 2 saturated heterocycles. The molecule has 0 unspecified atom stereocenters. The molecule has 1 aromatic carbocycles. The Hall–Kier alpha value is -1.47. The summed E-state index contributed by atoms with van der Waals surface area (Å²) in [6, 6.07) is 8.29. The summed E-state index contributed by atoms with van der Waals surface area (Å²) in [7, 11) is 2.10. The van der Waals surface area contributed by atoms with Crippen molar-refractivity contribution in [3.63, 3.8) is 0 Å². The number of fused-ring (bicyclic) bond motifs is 1. The summed E-state index contributed by atoms with van der Waals surface area (Å²) in [6.45, 7) is 10.4. The molecule has 0 saturated carbocycles. The molecule has 1 aromatic heterocycles. The van der Waals surface area contributed by atoms with Crippen LogP contribution in [0.2, 0.25) is 0 Å². The van der Waals surface area contributed by atoms with Gasteiger partial charge in [-0.3, -0.25) is 9.80 Å². The number of para-hydroxylation sites is 2. The van der Waals surface area contributed by atoms with Crippen LogP contribution in [-0.4, -0.2) is 76.0 Å². The number of aliphatic hydroxyl groups excluding tert-OH is 1. The lowest BCUT2D eigenvalue weighted by atomic mass is 9.96. The molecular formula is C21H32N4O2. The predicted octanol–water partition coefficient (Wildman–Crippen LogP) is 1.72. The van der Waals surface area contributed by atoms with E-state index in [1.807, 2.05) is 6.07 Å². The van der Waals surface area contributed by atoms with Gasteiger partial charge in [-0.15, -0.1) is 0 Å². The molecule has 0 bridgehead atoms. The first kappa shape index (κ1) is 18.9. The molecule has 2 aliphatic rings. The standard InChI is InChI=1S/C21H32N4O2/c1-15-8-24(9-16(2)27-15)10-17-11-25(12-18(17)14-26)13-21-22-19-6-4-5-7-20(19)23(21)3/h4-7,15-18,26H,8-14H2,1-3H3/t15-,16+,17-,18-/m1/s1. The van der Waals surface area contributed by atoms with Crippen molar-refractivity contribution >= 4 is 11.0 Å². The van der Waals surface area contributed by atoms with Crippen molar-refractivity contribution in [2.24, 2.45) is 18.9 Å². The van der Waals surface area contributed by atoms with Gasteiger partial charge in [0.2, 0.25) is 0 Å². The first-order valence-corrected chi connectivity index (χ1v) is 10.1. The van der Waals surface area contributed by atoms with E-state index in [0.717, 1.165) is 50.6 Å². The Bertz CT molecular complexity index is 767. The van der Waals surface area contributed by atoms with Crippen LogP contribution in [0, 0.1) is 11.8 Å². The van der Waals surface area contributed by atoms with Gasteiger partial charge in [0.05, 0.1) is 29.8 Å². The Morgan fingerprint density at radius 2 is 1.74 bits per heavy atom. The van der Waals surface area contributed by atoms with E-state index in [1.165, 1.54) is 5.52 Å². The van der Waals surface area contributed by atoms with E-state index in [-0.39, 0.29) is 6.61 Å². The third kappa shape index (κ3) is 4.04. The second-order valence-corrected chi connectivity index (χ2v) is 8.45. The maximum Gasteiger partial charge on any atom is 0.123 e. The summed E-state index contributed by atoms with van der Waals surface area (Å²) in [5, 5.41) is 9.93. The van der Waals surface area contributed by atoms with E-state index in [4.69, 9.17) is 9.72 Å². The highest BCUT2D eigenvalue weighted by atomic mass is 16.5. The lowest BCUT2D eigenvalue weighted by molar-refractivity contribution is -0.0727. The molecule has 148 valence electrons. The summed E-state index contributed by atoms with van der Waals surface area (Å²) >= 11 is 0. The number of likely N-dealkylation sites (tertiary alicyclic amines) is 1. The number of aliphatic hydroxyl groups is 1. The van der Waals surface area contributed by atoms with Crippen LogP contribution in [-0.2, 0) is 18.3 Å². The van der Waals surface area contributed by atoms with Crippen LogP contribution >= 0.6 is 0 Å². The van der Waals surface area contributed by atoms with Gasteiger partial charge in [-0.2, -0.15) is 0 Å². The molecule has 27 heavy (non-hydrogen) atoms. The van der Waals surface area contributed by atoms with Crippen LogP contribution in [0.4, 0.5) is 0 Å². The third-order valence-corrected chi connectivity index (χ3v) is 6.12. The topological polar surface area (TPSA) is 53.8 Å². The Labute approximate surface area is 161 Å². The molecule has 2 aliphatic heterocycles. The number of hydrogen-bond donors (Lipinski definition) is 1. The van der Waals surface area contributed by atoms with Crippen LogP contribution in [0.3, 0.4) is 0 Å². The SMILES string of the molecule is C[C@@H]1CN(C[C@@H]2CN(Cc3nc4ccccc4n3C)C[C@@H]2CO)C[C@H](C)O1. The monoisotopic (exact) mass is 372 g/mol. The average molecular weight is 373 g/mol. The van der Waals surface area contributed by atoms with Gasteiger partial charge in [0.15, 0.2) is 0 Å². The van der Waals surface area contributed by atoms with Crippen molar-refractivity contribution in [2.45, 2.75) is 32.6 Å². The highest BCUT2D eigenvalue weighted by Crippen LogP contribution is 2.27. The quantitative estimate of drug-likeness (QED) is 0.866. The number of aryl methyl sites for hydroxylation is 1. The highest BCUT2D eigenvalue weighted by Gasteiger charge is 2.35. The first-order valence-electron chi connectivity index (χ1n) is 10.1.